The zero-order chi connectivity index (χ0) is 22.1. The molecule has 4 saturated carbocycles. The second-order valence-corrected chi connectivity index (χ2v) is 11.2. The summed E-state index contributed by atoms with van der Waals surface area (Å²) < 4.78 is 4.95. The van der Waals surface area contributed by atoms with E-state index in [0.717, 1.165) is 19.3 Å². The molecule has 0 aromatic carbocycles. The number of esters is 1. The van der Waals surface area contributed by atoms with Gasteiger partial charge in [0, 0.05) is 32.1 Å². The molecule has 1 N–H and O–H groups in total. The van der Waals surface area contributed by atoms with Crippen LogP contribution >= 0.6 is 0 Å². The van der Waals surface area contributed by atoms with Crippen molar-refractivity contribution in [3.05, 3.63) is 0 Å². The highest BCUT2D eigenvalue weighted by molar-refractivity contribution is 5.90. The van der Waals surface area contributed by atoms with Crippen molar-refractivity contribution in [1.82, 2.24) is 0 Å². The Morgan fingerprint density at radius 2 is 1.83 bits per heavy atom. The zero-order valence-electron chi connectivity index (χ0n) is 18.5. The number of hydrogen-bond acceptors (Lipinski definition) is 6. The molecule has 0 aliphatic heterocycles. The van der Waals surface area contributed by atoms with Gasteiger partial charge in [0.2, 0.25) is 0 Å². The summed E-state index contributed by atoms with van der Waals surface area (Å²) in [6.45, 7) is 6.76. The van der Waals surface area contributed by atoms with E-state index >= 15 is 0 Å². The van der Waals surface area contributed by atoms with Crippen molar-refractivity contribution in [2.45, 2.75) is 78.2 Å². The maximum atomic E-state index is 13.6. The number of rotatable bonds is 3. The minimum absolute atomic E-state index is 0.0666. The Bertz CT molecular complexity index is 800. The van der Waals surface area contributed by atoms with Gasteiger partial charge < -0.3 is 9.84 Å². The Labute approximate surface area is 178 Å². The van der Waals surface area contributed by atoms with E-state index in [1.54, 1.807) is 6.92 Å². The number of fused-ring (bicyclic) bond motifs is 5. The highest BCUT2D eigenvalue weighted by Gasteiger charge is 2.68. The molecule has 0 aromatic heterocycles. The first kappa shape index (κ1) is 21.7. The monoisotopic (exact) mass is 418 g/mol. The third-order valence-corrected chi connectivity index (χ3v) is 9.26. The zero-order valence-corrected chi connectivity index (χ0v) is 18.5. The molecule has 6 nitrogen and oxygen atoms in total. The largest absolute Gasteiger partial charge is 0.458 e. The Balaban J connectivity index is 1.67. The lowest BCUT2D eigenvalue weighted by molar-refractivity contribution is -0.164. The summed E-state index contributed by atoms with van der Waals surface area (Å²) in [7, 11) is 0. The van der Waals surface area contributed by atoms with E-state index in [2.05, 4.69) is 6.92 Å². The Hall–Kier alpha value is -1.56. The molecular weight excluding hydrogens is 384 g/mol. The number of carbonyl (C=O) groups is 4. The molecule has 166 valence electrons. The fraction of sp³-hybridized carbons (Fsp3) is 0.833. The first-order valence-corrected chi connectivity index (χ1v) is 11.3. The smallest absolute Gasteiger partial charge is 0.303 e. The summed E-state index contributed by atoms with van der Waals surface area (Å²) in [5, 5.41) is 11.3. The lowest BCUT2D eigenvalue weighted by atomic mass is 9.44. The number of ether oxygens (including phenoxy) is 1. The quantitative estimate of drug-likeness (QED) is 0.708. The van der Waals surface area contributed by atoms with Gasteiger partial charge in [0.1, 0.15) is 18.2 Å². The van der Waals surface area contributed by atoms with Crippen LogP contribution in [0.4, 0.5) is 0 Å². The summed E-state index contributed by atoms with van der Waals surface area (Å²) in [5.41, 5.74) is -2.03. The predicted molar refractivity (Wildman–Crippen MR) is 108 cm³/mol. The Kier molecular flexibility index (Phi) is 5.04. The van der Waals surface area contributed by atoms with Crippen LogP contribution in [-0.4, -0.2) is 40.6 Å². The van der Waals surface area contributed by atoms with Gasteiger partial charge in [0.25, 0.3) is 0 Å². The van der Waals surface area contributed by atoms with Crippen LogP contribution in [0.15, 0.2) is 0 Å². The predicted octanol–water partition coefficient (Wildman–Crippen LogP) is 2.89. The topological polar surface area (TPSA) is 97.7 Å². The van der Waals surface area contributed by atoms with Crippen molar-refractivity contribution in [3.63, 3.8) is 0 Å². The Morgan fingerprint density at radius 1 is 1.13 bits per heavy atom. The number of carbonyl (C=O) groups excluding carboxylic acids is 4. The van der Waals surface area contributed by atoms with Gasteiger partial charge >= 0.3 is 5.97 Å². The van der Waals surface area contributed by atoms with Crippen molar-refractivity contribution >= 4 is 23.3 Å². The minimum atomic E-state index is -1.23. The van der Waals surface area contributed by atoms with E-state index in [4.69, 9.17) is 4.74 Å². The summed E-state index contributed by atoms with van der Waals surface area (Å²) in [6.07, 6.45) is 4.43. The summed E-state index contributed by atoms with van der Waals surface area (Å²) in [5.74, 6) is -0.696. The Morgan fingerprint density at radius 3 is 2.50 bits per heavy atom. The van der Waals surface area contributed by atoms with Crippen molar-refractivity contribution in [3.8, 4) is 0 Å². The van der Waals surface area contributed by atoms with Crippen LogP contribution in [0.3, 0.4) is 0 Å². The van der Waals surface area contributed by atoms with Gasteiger partial charge in [0.15, 0.2) is 5.78 Å². The molecule has 4 aliphatic rings. The molecule has 6 heteroatoms. The number of aliphatic hydroxyl groups is 1. The highest BCUT2D eigenvalue weighted by Crippen LogP contribution is 2.68. The number of Topliss-reactive ketones (excluding diaryl/α,β-unsaturated/α-hetero) is 3. The molecule has 4 aliphatic carbocycles. The van der Waals surface area contributed by atoms with E-state index in [9.17, 15) is 24.3 Å². The number of hydrogen-bond donors (Lipinski definition) is 1. The van der Waals surface area contributed by atoms with Crippen LogP contribution in [0.2, 0.25) is 0 Å². The highest BCUT2D eigenvalue weighted by atomic mass is 16.5. The van der Waals surface area contributed by atoms with E-state index in [1.807, 2.05) is 6.92 Å². The van der Waals surface area contributed by atoms with Crippen LogP contribution in [-0.2, 0) is 23.9 Å². The van der Waals surface area contributed by atoms with Gasteiger partial charge in [-0.2, -0.15) is 0 Å². The minimum Gasteiger partial charge on any atom is -0.458 e. The third kappa shape index (κ3) is 3.09. The molecule has 8 atom stereocenters. The first-order chi connectivity index (χ1) is 13.9. The summed E-state index contributed by atoms with van der Waals surface area (Å²) >= 11 is 0. The van der Waals surface area contributed by atoms with Crippen LogP contribution in [0, 0.1) is 40.4 Å². The van der Waals surface area contributed by atoms with Crippen molar-refractivity contribution < 1.29 is 29.0 Å². The molecule has 4 fully saturated rings. The van der Waals surface area contributed by atoms with Gasteiger partial charge in [-0.1, -0.05) is 13.8 Å². The van der Waals surface area contributed by atoms with Gasteiger partial charge in [-0.05, 0) is 61.2 Å². The first-order valence-electron chi connectivity index (χ1n) is 11.3. The normalized spacial score (nSPS) is 47.8. The average molecular weight is 419 g/mol. The fourth-order valence-electron chi connectivity index (χ4n) is 8.20. The molecule has 4 rings (SSSR count). The second kappa shape index (κ2) is 6.98. The lowest BCUT2D eigenvalue weighted by Gasteiger charge is -2.59. The molecule has 0 amide bonds. The van der Waals surface area contributed by atoms with Crippen molar-refractivity contribution in [1.29, 1.82) is 0 Å². The maximum Gasteiger partial charge on any atom is 0.303 e. The molecule has 0 heterocycles. The van der Waals surface area contributed by atoms with E-state index < -0.39 is 22.9 Å². The van der Waals surface area contributed by atoms with Crippen molar-refractivity contribution in [2.75, 3.05) is 6.61 Å². The van der Waals surface area contributed by atoms with Gasteiger partial charge in [-0.3, -0.25) is 19.2 Å². The van der Waals surface area contributed by atoms with Crippen molar-refractivity contribution in [2.24, 2.45) is 40.4 Å². The van der Waals surface area contributed by atoms with Gasteiger partial charge in [-0.25, -0.2) is 0 Å². The van der Waals surface area contributed by atoms with Crippen LogP contribution in [0.1, 0.15) is 72.6 Å². The van der Waals surface area contributed by atoms with Gasteiger partial charge in [-0.15, -0.1) is 0 Å². The van der Waals surface area contributed by atoms with Crippen LogP contribution in [0.25, 0.3) is 0 Å². The molecule has 0 radical (unpaired) electrons. The molecule has 2 unspecified atom stereocenters. The SMILES string of the molecule is CC(=O)OCC(=O)[C@H]1C(C)(O)C[C@H]2[C@@H]3CCC4CC(=O)CC[C@]4(C)[C@H]3C(=O)C[C@@]21C. The molecular formula is C24H34O6. The third-order valence-electron chi connectivity index (χ3n) is 9.26. The summed E-state index contributed by atoms with van der Waals surface area (Å²) in [6, 6.07) is 0. The van der Waals surface area contributed by atoms with E-state index in [1.165, 1.54) is 6.92 Å². The molecule has 0 bridgehead atoms. The molecule has 0 saturated heterocycles. The fourth-order valence-corrected chi connectivity index (χ4v) is 8.20. The maximum absolute atomic E-state index is 13.6. The number of ketones is 3. The average Bonchev–Trinajstić information content (AvgIpc) is 2.84. The molecule has 0 aromatic rings. The van der Waals surface area contributed by atoms with Crippen LogP contribution < -0.4 is 0 Å². The van der Waals surface area contributed by atoms with Gasteiger partial charge in [0.05, 0.1) is 11.5 Å². The molecule has 0 spiro atoms. The lowest BCUT2D eigenvalue weighted by Crippen LogP contribution is -2.58. The summed E-state index contributed by atoms with van der Waals surface area (Å²) in [4.78, 5) is 49.9. The van der Waals surface area contributed by atoms with E-state index in [-0.39, 0.29) is 53.7 Å². The van der Waals surface area contributed by atoms with E-state index in [0.29, 0.717) is 25.0 Å². The molecule has 30 heavy (non-hydrogen) atoms. The second-order valence-electron chi connectivity index (χ2n) is 11.2. The van der Waals surface area contributed by atoms with Crippen LogP contribution in [0.5, 0.6) is 0 Å². The standard InChI is InChI=1S/C24H34O6/c1-13(25)30-12-19(28)21-23(3)11-18(27)20-16(17(23)10-24(21,4)29)6-5-14-9-15(26)7-8-22(14,20)2/h14,16-17,20-21,29H,5-12H2,1-4H3/t14?,16-,17-,20+,21+,22-,23-,24?/m0/s1.